The lowest BCUT2D eigenvalue weighted by atomic mass is 9.80. The molecular weight excluding hydrogens is 667 g/mol. The van der Waals surface area contributed by atoms with Crippen LogP contribution in [0.4, 0.5) is 0 Å². The van der Waals surface area contributed by atoms with E-state index in [1.807, 2.05) is 78.9 Å². The van der Waals surface area contributed by atoms with Crippen molar-refractivity contribution in [1.29, 1.82) is 5.26 Å². The zero-order chi connectivity index (χ0) is 37.1. The Morgan fingerprint density at radius 1 is 0.843 bits per heavy atom. The van der Waals surface area contributed by atoms with Crippen LogP contribution in [-0.4, -0.2) is 59.4 Å². The second kappa shape index (κ2) is 18.3. The van der Waals surface area contributed by atoms with E-state index < -0.39 is 25.9 Å². The van der Waals surface area contributed by atoms with E-state index in [2.05, 4.69) is 38.4 Å². The molecule has 0 aliphatic carbocycles. The number of rotatable bonds is 18. The van der Waals surface area contributed by atoms with Gasteiger partial charge in [-0.1, -0.05) is 54.6 Å². The number of hydrogen-bond acceptors (Lipinski definition) is 9. The predicted molar refractivity (Wildman–Crippen MR) is 199 cm³/mol. The summed E-state index contributed by atoms with van der Waals surface area (Å²) in [6.45, 7) is 10.2. The third-order valence-corrected chi connectivity index (χ3v) is 10.7. The molecular formula is C39H49N4O7P. The van der Waals surface area contributed by atoms with E-state index >= 15 is 0 Å². The lowest BCUT2D eigenvalue weighted by molar-refractivity contribution is -0.0387. The molecule has 3 aromatic carbocycles. The van der Waals surface area contributed by atoms with Gasteiger partial charge < -0.3 is 23.3 Å². The molecule has 1 aromatic heterocycles. The van der Waals surface area contributed by atoms with E-state index in [0.29, 0.717) is 17.1 Å². The highest BCUT2D eigenvalue weighted by Gasteiger charge is 2.40. The van der Waals surface area contributed by atoms with Gasteiger partial charge in [-0.25, -0.2) is 9.46 Å². The number of aromatic nitrogens is 2. The fourth-order valence-corrected chi connectivity index (χ4v) is 7.76. The Kier molecular flexibility index (Phi) is 14.1. The fourth-order valence-electron chi connectivity index (χ4n) is 6.07. The molecule has 11 nitrogen and oxygen atoms in total. The molecule has 0 fully saturated rings. The molecule has 0 radical (unpaired) electrons. The van der Waals surface area contributed by atoms with Crippen LogP contribution < -0.4 is 20.7 Å². The van der Waals surface area contributed by atoms with Crippen molar-refractivity contribution in [2.24, 2.45) is 7.05 Å². The zero-order valence-electron chi connectivity index (χ0n) is 30.7. The third kappa shape index (κ3) is 9.33. The molecule has 0 saturated heterocycles. The average molecular weight is 717 g/mol. The van der Waals surface area contributed by atoms with E-state index in [0.717, 1.165) is 21.3 Å². The van der Waals surface area contributed by atoms with E-state index in [1.165, 1.54) is 11.6 Å². The Hall–Kier alpha value is -4.30. The van der Waals surface area contributed by atoms with Crippen molar-refractivity contribution in [1.82, 2.24) is 13.8 Å². The monoisotopic (exact) mass is 716 g/mol. The SMILES string of the molecule is COc1ccc(C(OCC(Cn2cc(C)c(=O)n(C)c2=O)OP(OCCC#N)N(C(C)C)C(C)C)(c2ccccc2)c2ccc(OC)cc2)cc1. The first-order valence-electron chi connectivity index (χ1n) is 17.0. The second-order valence-electron chi connectivity index (χ2n) is 12.7. The number of nitriles is 1. The van der Waals surface area contributed by atoms with Gasteiger partial charge in [0.2, 0.25) is 0 Å². The summed E-state index contributed by atoms with van der Waals surface area (Å²) in [6, 6.07) is 27.6. The van der Waals surface area contributed by atoms with Gasteiger partial charge in [-0.05, 0) is 75.6 Å². The number of nitrogens with zero attached hydrogens (tertiary/aromatic N) is 4. The summed E-state index contributed by atoms with van der Waals surface area (Å²) in [5, 5.41) is 9.30. The highest BCUT2D eigenvalue weighted by Crippen LogP contribution is 2.48. The van der Waals surface area contributed by atoms with Crippen molar-refractivity contribution in [3.63, 3.8) is 0 Å². The summed E-state index contributed by atoms with van der Waals surface area (Å²) < 4.78 is 36.1. The lowest BCUT2D eigenvalue weighted by Crippen LogP contribution is -2.43. The Balaban J connectivity index is 1.90. The number of benzene rings is 3. The summed E-state index contributed by atoms with van der Waals surface area (Å²) in [5.74, 6) is 1.40. The minimum Gasteiger partial charge on any atom is -0.497 e. The molecule has 1 heterocycles. The highest BCUT2D eigenvalue weighted by molar-refractivity contribution is 7.44. The predicted octanol–water partition coefficient (Wildman–Crippen LogP) is 6.54. The molecule has 12 heteroatoms. The molecule has 0 bridgehead atoms. The highest BCUT2D eigenvalue weighted by atomic mass is 31.2. The minimum absolute atomic E-state index is 0.00571. The Morgan fingerprint density at radius 3 is 1.86 bits per heavy atom. The first-order chi connectivity index (χ1) is 24.5. The van der Waals surface area contributed by atoms with Crippen molar-refractivity contribution < 1.29 is 23.3 Å². The van der Waals surface area contributed by atoms with E-state index in [1.54, 1.807) is 27.3 Å². The van der Waals surface area contributed by atoms with Gasteiger partial charge in [0.1, 0.15) is 23.2 Å². The largest absolute Gasteiger partial charge is 0.497 e. The standard InChI is InChI=1S/C39H49N4O7P/c1-28(2)43(29(3)4)51(49-24-12-23-40)50-36(26-42-25-30(5)37(44)41(6)38(42)45)27-48-39(31-13-10-9-11-14-31,32-15-19-34(46-7)20-16-32)33-17-21-35(47-8)22-18-33/h9-11,13-22,25,28-29,36H,12,24,26-27H2,1-8H3. The lowest BCUT2D eigenvalue weighted by Gasteiger charge is -2.39. The molecule has 0 aliphatic rings. The van der Waals surface area contributed by atoms with Crippen LogP contribution in [0.25, 0.3) is 0 Å². The molecule has 4 aromatic rings. The van der Waals surface area contributed by atoms with Crippen molar-refractivity contribution >= 4 is 8.53 Å². The van der Waals surface area contributed by atoms with Crippen LogP contribution in [0.15, 0.2) is 94.6 Å². The maximum absolute atomic E-state index is 13.4. The van der Waals surface area contributed by atoms with Gasteiger partial charge >= 0.3 is 5.69 Å². The topological polar surface area (TPSA) is 117 Å². The number of aryl methyl sites for hydroxylation is 1. The van der Waals surface area contributed by atoms with E-state index in [9.17, 15) is 14.9 Å². The van der Waals surface area contributed by atoms with Gasteiger partial charge in [0.25, 0.3) is 14.1 Å². The number of ether oxygens (including phenoxy) is 3. The van der Waals surface area contributed by atoms with E-state index in [-0.39, 0.29) is 43.8 Å². The van der Waals surface area contributed by atoms with Gasteiger partial charge in [-0.3, -0.25) is 13.9 Å². The summed E-state index contributed by atoms with van der Waals surface area (Å²) in [7, 11) is 2.99. The molecule has 0 N–H and O–H groups in total. The van der Waals surface area contributed by atoms with Gasteiger partial charge in [-0.15, -0.1) is 0 Å². The van der Waals surface area contributed by atoms with Crippen LogP contribution in [0.2, 0.25) is 0 Å². The quantitative estimate of drug-likeness (QED) is 0.0643. The van der Waals surface area contributed by atoms with Gasteiger partial charge in [-0.2, -0.15) is 5.26 Å². The molecule has 0 spiro atoms. The maximum atomic E-state index is 13.4. The molecule has 2 atom stereocenters. The minimum atomic E-state index is -1.72. The Labute approximate surface area is 301 Å². The van der Waals surface area contributed by atoms with Crippen molar-refractivity contribution in [3.8, 4) is 17.6 Å². The summed E-state index contributed by atoms with van der Waals surface area (Å²) >= 11 is 0. The zero-order valence-corrected chi connectivity index (χ0v) is 31.6. The van der Waals surface area contributed by atoms with Crippen molar-refractivity contribution in [2.75, 3.05) is 27.4 Å². The van der Waals surface area contributed by atoms with Crippen LogP contribution in [0.3, 0.4) is 0 Å². The van der Waals surface area contributed by atoms with Gasteiger partial charge in [0.05, 0.1) is 46.5 Å². The normalized spacial score (nSPS) is 13.0. The molecule has 51 heavy (non-hydrogen) atoms. The van der Waals surface area contributed by atoms with Crippen molar-refractivity contribution in [2.45, 2.75) is 71.4 Å². The first-order valence-corrected chi connectivity index (χ1v) is 18.1. The van der Waals surface area contributed by atoms with Crippen LogP contribution in [-0.2, 0) is 33.0 Å². The summed E-state index contributed by atoms with van der Waals surface area (Å²) in [5.41, 5.74) is 0.988. The Morgan fingerprint density at radius 2 is 1.37 bits per heavy atom. The van der Waals surface area contributed by atoms with Crippen molar-refractivity contribution in [3.05, 3.63) is 128 Å². The van der Waals surface area contributed by atoms with Crippen LogP contribution in [0.1, 0.15) is 56.4 Å². The molecule has 272 valence electrons. The summed E-state index contributed by atoms with van der Waals surface area (Å²) in [6.07, 6.45) is 1.01. The van der Waals surface area contributed by atoms with E-state index in [4.69, 9.17) is 23.3 Å². The molecule has 0 aliphatic heterocycles. The molecule has 2 unspecified atom stereocenters. The number of methoxy groups -OCH3 is 2. The Bertz CT molecular complexity index is 1800. The second-order valence-corrected chi connectivity index (χ2v) is 14.1. The average Bonchev–Trinajstić information content (AvgIpc) is 3.13. The molecule has 4 rings (SSSR count). The molecule has 0 amide bonds. The first kappa shape index (κ1) is 39.5. The third-order valence-electron chi connectivity index (χ3n) is 8.49. The van der Waals surface area contributed by atoms with Gasteiger partial charge in [0.15, 0.2) is 0 Å². The smallest absolute Gasteiger partial charge is 0.330 e. The van der Waals surface area contributed by atoms with Crippen LogP contribution >= 0.6 is 8.53 Å². The maximum Gasteiger partial charge on any atom is 0.330 e. The van der Waals surface area contributed by atoms with Crippen LogP contribution in [0, 0.1) is 18.3 Å². The fraction of sp³-hybridized carbons (Fsp3) is 0.410. The van der Waals surface area contributed by atoms with Gasteiger partial charge in [0, 0.05) is 30.9 Å². The summed E-state index contributed by atoms with van der Waals surface area (Å²) in [4.78, 5) is 26.1. The molecule has 0 saturated carbocycles. The number of hydrogen-bond donors (Lipinski definition) is 0. The van der Waals surface area contributed by atoms with Crippen LogP contribution in [0.5, 0.6) is 11.5 Å².